The molecule has 0 bridgehead atoms. The van der Waals surface area contributed by atoms with Crippen LogP contribution in [-0.2, 0) is 6.61 Å². The molecule has 0 saturated heterocycles. The summed E-state index contributed by atoms with van der Waals surface area (Å²) in [6, 6.07) is 8.10. The first-order valence-electron chi connectivity index (χ1n) is 6.37. The highest BCUT2D eigenvalue weighted by molar-refractivity contribution is 5.50. The highest BCUT2D eigenvalue weighted by Crippen LogP contribution is 2.22. The molecule has 5 nitrogen and oxygen atoms in total. The average Bonchev–Trinajstić information content (AvgIpc) is 2.82. The molecule has 0 aliphatic rings. The minimum atomic E-state index is -0.0801. The maximum absolute atomic E-state index is 9.32. The standard InChI is InChI=1S/C14H20N4O/c1-10(2)14-13(9-19)15-16-18(14)12-7-5-11(6-8-12)17(3)4/h5-8,10,19H,9H2,1-4H3. The Hall–Kier alpha value is -1.88. The summed E-state index contributed by atoms with van der Waals surface area (Å²) in [5.74, 6) is 0.255. The topological polar surface area (TPSA) is 54.2 Å². The van der Waals surface area contributed by atoms with Gasteiger partial charge in [0.05, 0.1) is 18.0 Å². The smallest absolute Gasteiger partial charge is 0.112 e. The van der Waals surface area contributed by atoms with Crippen LogP contribution in [0.2, 0.25) is 0 Å². The first-order chi connectivity index (χ1) is 9.04. The van der Waals surface area contributed by atoms with Gasteiger partial charge in [0.15, 0.2) is 0 Å². The zero-order valence-corrected chi connectivity index (χ0v) is 11.8. The van der Waals surface area contributed by atoms with Crippen LogP contribution in [0.1, 0.15) is 31.2 Å². The SMILES string of the molecule is CC(C)c1c(CO)nnn1-c1ccc(N(C)C)cc1. The average molecular weight is 260 g/mol. The van der Waals surface area contributed by atoms with Crippen LogP contribution >= 0.6 is 0 Å². The van der Waals surface area contributed by atoms with Crippen LogP contribution in [0.15, 0.2) is 24.3 Å². The van der Waals surface area contributed by atoms with Crippen LogP contribution in [0.5, 0.6) is 0 Å². The lowest BCUT2D eigenvalue weighted by Gasteiger charge is -2.14. The van der Waals surface area contributed by atoms with Crippen molar-refractivity contribution < 1.29 is 5.11 Å². The molecule has 0 radical (unpaired) electrons. The van der Waals surface area contributed by atoms with Crippen molar-refractivity contribution in [2.75, 3.05) is 19.0 Å². The van der Waals surface area contributed by atoms with Gasteiger partial charge in [0.2, 0.25) is 0 Å². The molecule has 0 fully saturated rings. The molecular weight excluding hydrogens is 240 g/mol. The van der Waals surface area contributed by atoms with Crippen LogP contribution < -0.4 is 4.90 Å². The Balaban J connectivity index is 2.44. The molecule has 1 heterocycles. The number of rotatable bonds is 4. The molecule has 0 amide bonds. The van der Waals surface area contributed by atoms with E-state index in [4.69, 9.17) is 0 Å². The fourth-order valence-electron chi connectivity index (χ4n) is 2.09. The van der Waals surface area contributed by atoms with Crippen LogP contribution in [0.4, 0.5) is 5.69 Å². The normalized spacial score (nSPS) is 11.1. The lowest BCUT2D eigenvalue weighted by atomic mass is 10.1. The van der Waals surface area contributed by atoms with Gasteiger partial charge in [0, 0.05) is 19.8 Å². The second-order valence-corrected chi connectivity index (χ2v) is 5.06. The van der Waals surface area contributed by atoms with E-state index < -0.39 is 0 Å². The quantitative estimate of drug-likeness (QED) is 0.913. The molecule has 102 valence electrons. The summed E-state index contributed by atoms with van der Waals surface area (Å²) in [6.45, 7) is 4.06. The minimum absolute atomic E-state index is 0.0801. The number of nitrogens with zero attached hydrogens (tertiary/aromatic N) is 4. The third kappa shape index (κ3) is 2.61. The zero-order valence-electron chi connectivity index (χ0n) is 11.8. The number of hydrogen-bond donors (Lipinski definition) is 1. The van der Waals surface area contributed by atoms with Gasteiger partial charge < -0.3 is 10.0 Å². The molecule has 0 aliphatic carbocycles. The largest absolute Gasteiger partial charge is 0.390 e. The summed E-state index contributed by atoms with van der Waals surface area (Å²) in [5, 5.41) is 17.5. The number of aliphatic hydroxyl groups excluding tert-OH is 1. The van der Waals surface area contributed by atoms with Gasteiger partial charge >= 0.3 is 0 Å². The molecule has 0 aliphatic heterocycles. The first kappa shape index (κ1) is 13.5. The van der Waals surface area contributed by atoms with E-state index in [9.17, 15) is 5.11 Å². The van der Waals surface area contributed by atoms with Gasteiger partial charge in [-0.15, -0.1) is 5.10 Å². The number of aliphatic hydroxyl groups is 1. The molecule has 1 N–H and O–H groups in total. The van der Waals surface area contributed by atoms with Crippen LogP contribution in [0, 0.1) is 0 Å². The minimum Gasteiger partial charge on any atom is -0.390 e. The maximum atomic E-state index is 9.32. The predicted octanol–water partition coefficient (Wildman–Crippen LogP) is 1.95. The van der Waals surface area contributed by atoms with Crippen LogP contribution in [-0.4, -0.2) is 34.2 Å². The Kier molecular flexibility index (Phi) is 3.85. The highest BCUT2D eigenvalue weighted by Gasteiger charge is 2.16. The fourth-order valence-corrected chi connectivity index (χ4v) is 2.09. The summed E-state index contributed by atoms with van der Waals surface area (Å²) in [4.78, 5) is 2.05. The lowest BCUT2D eigenvalue weighted by molar-refractivity contribution is 0.275. The summed E-state index contributed by atoms with van der Waals surface area (Å²) in [7, 11) is 4.02. The number of aromatic nitrogens is 3. The van der Waals surface area contributed by atoms with Gasteiger partial charge in [-0.1, -0.05) is 19.1 Å². The Morgan fingerprint density at radius 3 is 2.32 bits per heavy atom. The Labute approximate surface area is 113 Å². The van der Waals surface area contributed by atoms with E-state index in [2.05, 4.69) is 24.2 Å². The zero-order chi connectivity index (χ0) is 14.0. The van der Waals surface area contributed by atoms with E-state index in [0.717, 1.165) is 17.1 Å². The van der Waals surface area contributed by atoms with Crippen molar-refractivity contribution in [1.29, 1.82) is 0 Å². The second kappa shape index (κ2) is 5.40. The van der Waals surface area contributed by atoms with Crippen LogP contribution in [0.25, 0.3) is 5.69 Å². The van der Waals surface area contributed by atoms with Crippen molar-refractivity contribution >= 4 is 5.69 Å². The summed E-state index contributed by atoms with van der Waals surface area (Å²) < 4.78 is 1.80. The molecule has 5 heteroatoms. The summed E-state index contributed by atoms with van der Waals surface area (Å²) >= 11 is 0. The number of hydrogen-bond acceptors (Lipinski definition) is 4. The van der Waals surface area contributed by atoms with E-state index >= 15 is 0 Å². The summed E-state index contributed by atoms with van der Waals surface area (Å²) in [5.41, 5.74) is 3.70. The van der Waals surface area contributed by atoms with E-state index in [1.807, 2.05) is 43.3 Å². The highest BCUT2D eigenvalue weighted by atomic mass is 16.3. The third-order valence-electron chi connectivity index (χ3n) is 3.09. The maximum Gasteiger partial charge on any atom is 0.112 e. The van der Waals surface area contributed by atoms with Gasteiger partial charge in [-0.05, 0) is 30.2 Å². The van der Waals surface area contributed by atoms with Crippen molar-refractivity contribution in [2.24, 2.45) is 0 Å². The van der Waals surface area contributed by atoms with E-state index in [0.29, 0.717) is 5.69 Å². The molecule has 0 spiro atoms. The van der Waals surface area contributed by atoms with Crippen LogP contribution in [0.3, 0.4) is 0 Å². The van der Waals surface area contributed by atoms with Gasteiger partial charge in [-0.25, -0.2) is 4.68 Å². The van der Waals surface area contributed by atoms with Crippen molar-refractivity contribution in [1.82, 2.24) is 15.0 Å². The molecule has 1 aromatic heterocycles. The van der Waals surface area contributed by atoms with Gasteiger partial charge in [-0.2, -0.15) is 0 Å². The number of anilines is 1. The second-order valence-electron chi connectivity index (χ2n) is 5.06. The Bertz CT molecular complexity index is 543. The predicted molar refractivity (Wildman–Crippen MR) is 75.7 cm³/mol. The Morgan fingerprint density at radius 1 is 1.21 bits per heavy atom. The summed E-state index contributed by atoms with van der Waals surface area (Å²) in [6.07, 6.45) is 0. The lowest BCUT2D eigenvalue weighted by Crippen LogP contribution is -2.09. The molecular formula is C14H20N4O. The molecule has 2 rings (SSSR count). The molecule has 2 aromatic rings. The van der Waals surface area contributed by atoms with Crippen molar-refractivity contribution in [3.8, 4) is 5.69 Å². The van der Waals surface area contributed by atoms with E-state index in [1.54, 1.807) is 4.68 Å². The molecule has 0 atom stereocenters. The third-order valence-corrected chi connectivity index (χ3v) is 3.09. The van der Waals surface area contributed by atoms with Crippen molar-refractivity contribution in [2.45, 2.75) is 26.4 Å². The monoisotopic (exact) mass is 260 g/mol. The van der Waals surface area contributed by atoms with E-state index in [1.165, 1.54) is 0 Å². The van der Waals surface area contributed by atoms with Crippen molar-refractivity contribution in [3.63, 3.8) is 0 Å². The number of benzene rings is 1. The van der Waals surface area contributed by atoms with Gasteiger partial charge in [0.25, 0.3) is 0 Å². The molecule has 19 heavy (non-hydrogen) atoms. The molecule has 1 aromatic carbocycles. The van der Waals surface area contributed by atoms with Gasteiger partial charge in [-0.3, -0.25) is 0 Å². The molecule has 0 saturated carbocycles. The molecule has 0 unspecified atom stereocenters. The fraction of sp³-hybridized carbons (Fsp3) is 0.429. The first-order valence-corrected chi connectivity index (χ1v) is 6.37. The Morgan fingerprint density at radius 2 is 1.84 bits per heavy atom. The van der Waals surface area contributed by atoms with Gasteiger partial charge in [0.1, 0.15) is 5.69 Å². The van der Waals surface area contributed by atoms with Crippen molar-refractivity contribution in [3.05, 3.63) is 35.7 Å². The van der Waals surface area contributed by atoms with E-state index in [-0.39, 0.29) is 12.5 Å².